The lowest BCUT2D eigenvalue weighted by Gasteiger charge is -2.32. The maximum atomic E-state index is 4.89. The first-order chi connectivity index (χ1) is 11.1. The largest absolute Gasteiger partial charge is 0.357 e. The molecule has 0 amide bonds. The normalized spacial score (nSPS) is 28.1. The monoisotopic (exact) mass is 322 g/mol. The van der Waals surface area contributed by atoms with Gasteiger partial charge in [-0.15, -0.1) is 0 Å². The van der Waals surface area contributed by atoms with E-state index < -0.39 is 0 Å². The summed E-state index contributed by atoms with van der Waals surface area (Å²) in [6.45, 7) is 11.3. The summed E-state index contributed by atoms with van der Waals surface area (Å²) in [4.78, 5) is 7.31. The van der Waals surface area contributed by atoms with Crippen molar-refractivity contribution < 1.29 is 0 Å². The number of likely N-dealkylation sites (tertiary alicyclic amines) is 1. The van der Waals surface area contributed by atoms with Crippen LogP contribution in [-0.4, -0.2) is 50.1 Å². The van der Waals surface area contributed by atoms with Crippen LogP contribution in [0.25, 0.3) is 0 Å². The van der Waals surface area contributed by atoms with Crippen molar-refractivity contribution in [3.8, 4) is 0 Å². The Morgan fingerprint density at radius 3 is 2.30 bits per heavy atom. The molecule has 2 fully saturated rings. The molecule has 1 heterocycles. The van der Waals surface area contributed by atoms with Crippen molar-refractivity contribution in [3.05, 3.63) is 0 Å². The molecule has 0 radical (unpaired) electrons. The maximum absolute atomic E-state index is 4.89. The molecule has 0 aromatic carbocycles. The van der Waals surface area contributed by atoms with Crippen molar-refractivity contribution in [2.45, 2.75) is 65.3 Å². The third-order valence-electron chi connectivity index (χ3n) is 5.75. The van der Waals surface area contributed by atoms with Gasteiger partial charge in [-0.2, -0.15) is 0 Å². The zero-order valence-electron chi connectivity index (χ0n) is 15.8. The molecule has 0 bridgehead atoms. The smallest absolute Gasteiger partial charge is 0.191 e. The lowest BCUT2D eigenvalue weighted by molar-refractivity contribution is 0.223. The average Bonchev–Trinajstić information content (AvgIpc) is 2.55. The Kier molecular flexibility index (Phi) is 7.68. The van der Waals surface area contributed by atoms with E-state index in [2.05, 4.69) is 43.4 Å². The molecule has 1 saturated carbocycles. The molecule has 23 heavy (non-hydrogen) atoms. The Morgan fingerprint density at radius 2 is 1.74 bits per heavy atom. The lowest BCUT2D eigenvalue weighted by atomic mass is 9.80. The lowest BCUT2D eigenvalue weighted by Crippen LogP contribution is -2.45. The third-order valence-corrected chi connectivity index (χ3v) is 5.75. The number of hydrogen-bond donors (Lipinski definition) is 2. The second-order valence-electron chi connectivity index (χ2n) is 7.97. The van der Waals surface area contributed by atoms with Gasteiger partial charge in [0.2, 0.25) is 0 Å². The van der Waals surface area contributed by atoms with Gasteiger partial charge >= 0.3 is 0 Å². The first kappa shape index (κ1) is 18.6. The standard InChI is InChI=1S/C19H38N4/c1-5-20-19(21-14-16-10-12-23(4)13-11-16)22-18-8-6-17(7-9-18)15(2)3/h15-18H,5-14H2,1-4H3,(H2,20,21,22). The predicted molar refractivity (Wildman–Crippen MR) is 99.9 cm³/mol. The Balaban J connectivity index is 1.78. The molecule has 1 saturated heterocycles. The number of rotatable bonds is 5. The zero-order valence-corrected chi connectivity index (χ0v) is 15.8. The van der Waals surface area contributed by atoms with Crippen LogP contribution in [0, 0.1) is 17.8 Å². The molecule has 2 aliphatic rings. The van der Waals surface area contributed by atoms with E-state index in [9.17, 15) is 0 Å². The van der Waals surface area contributed by atoms with Crippen molar-refractivity contribution in [1.29, 1.82) is 0 Å². The van der Waals surface area contributed by atoms with Crippen LogP contribution in [0.3, 0.4) is 0 Å². The fourth-order valence-corrected chi connectivity index (χ4v) is 3.91. The molecule has 0 aromatic heterocycles. The van der Waals surface area contributed by atoms with Gasteiger partial charge in [-0.25, -0.2) is 0 Å². The van der Waals surface area contributed by atoms with Gasteiger partial charge in [-0.05, 0) is 83.3 Å². The Hall–Kier alpha value is -0.770. The summed E-state index contributed by atoms with van der Waals surface area (Å²) < 4.78 is 0. The minimum absolute atomic E-state index is 0.611. The molecule has 134 valence electrons. The quantitative estimate of drug-likeness (QED) is 0.603. The molecular weight excluding hydrogens is 284 g/mol. The van der Waals surface area contributed by atoms with Gasteiger partial charge in [-0.1, -0.05) is 13.8 Å². The second-order valence-corrected chi connectivity index (χ2v) is 7.97. The molecule has 1 aliphatic heterocycles. The molecule has 0 atom stereocenters. The van der Waals surface area contributed by atoms with Crippen LogP contribution in [0.4, 0.5) is 0 Å². The van der Waals surface area contributed by atoms with Crippen molar-refractivity contribution in [1.82, 2.24) is 15.5 Å². The number of piperidine rings is 1. The van der Waals surface area contributed by atoms with Gasteiger partial charge in [0.15, 0.2) is 5.96 Å². The molecule has 2 rings (SSSR count). The van der Waals surface area contributed by atoms with Crippen LogP contribution >= 0.6 is 0 Å². The first-order valence-electron chi connectivity index (χ1n) is 9.81. The summed E-state index contributed by atoms with van der Waals surface area (Å²) in [5.74, 6) is 3.56. The number of nitrogens with one attached hydrogen (secondary N) is 2. The maximum Gasteiger partial charge on any atom is 0.191 e. The summed E-state index contributed by atoms with van der Waals surface area (Å²) in [5.41, 5.74) is 0. The molecule has 4 nitrogen and oxygen atoms in total. The first-order valence-corrected chi connectivity index (χ1v) is 9.81. The molecule has 1 aliphatic carbocycles. The summed E-state index contributed by atoms with van der Waals surface area (Å²) in [5, 5.41) is 7.13. The Labute approximate surface area is 143 Å². The molecule has 0 unspecified atom stereocenters. The highest BCUT2D eigenvalue weighted by atomic mass is 15.2. The highest BCUT2D eigenvalue weighted by Gasteiger charge is 2.24. The fraction of sp³-hybridized carbons (Fsp3) is 0.947. The van der Waals surface area contributed by atoms with Gasteiger partial charge in [0, 0.05) is 19.1 Å². The van der Waals surface area contributed by atoms with Gasteiger partial charge in [-0.3, -0.25) is 4.99 Å². The Bertz CT molecular complexity index is 350. The van der Waals surface area contributed by atoms with Crippen molar-refractivity contribution in [3.63, 3.8) is 0 Å². The molecular formula is C19H38N4. The SMILES string of the molecule is CCNC(=NCC1CCN(C)CC1)NC1CCC(C(C)C)CC1. The van der Waals surface area contributed by atoms with Crippen LogP contribution < -0.4 is 10.6 Å². The zero-order chi connectivity index (χ0) is 16.7. The van der Waals surface area contributed by atoms with E-state index in [-0.39, 0.29) is 0 Å². The minimum atomic E-state index is 0.611. The predicted octanol–water partition coefficient (Wildman–Crippen LogP) is 3.10. The van der Waals surface area contributed by atoms with Crippen LogP contribution in [0.5, 0.6) is 0 Å². The van der Waals surface area contributed by atoms with E-state index >= 15 is 0 Å². The van der Waals surface area contributed by atoms with Crippen molar-refractivity contribution in [2.24, 2.45) is 22.7 Å². The van der Waals surface area contributed by atoms with Crippen molar-refractivity contribution >= 4 is 5.96 Å². The number of aliphatic imine (C=N–C) groups is 1. The van der Waals surface area contributed by atoms with Crippen LogP contribution in [0.2, 0.25) is 0 Å². The summed E-state index contributed by atoms with van der Waals surface area (Å²) >= 11 is 0. The van der Waals surface area contributed by atoms with Gasteiger partial charge in [0.1, 0.15) is 0 Å². The van der Waals surface area contributed by atoms with Crippen LogP contribution in [0.1, 0.15) is 59.3 Å². The number of hydrogen-bond acceptors (Lipinski definition) is 2. The summed E-state index contributed by atoms with van der Waals surface area (Å²) in [6, 6.07) is 0.611. The van der Waals surface area contributed by atoms with E-state index in [0.29, 0.717) is 6.04 Å². The van der Waals surface area contributed by atoms with E-state index in [4.69, 9.17) is 4.99 Å². The van der Waals surface area contributed by atoms with Gasteiger partial charge in [0.05, 0.1) is 0 Å². The average molecular weight is 323 g/mol. The fourth-order valence-electron chi connectivity index (χ4n) is 3.91. The number of guanidine groups is 1. The van der Waals surface area contributed by atoms with Gasteiger partial charge in [0.25, 0.3) is 0 Å². The van der Waals surface area contributed by atoms with Crippen LogP contribution in [0.15, 0.2) is 4.99 Å². The second kappa shape index (κ2) is 9.51. The third kappa shape index (κ3) is 6.33. The molecule has 0 aromatic rings. The van der Waals surface area contributed by atoms with Crippen LogP contribution in [-0.2, 0) is 0 Å². The number of nitrogens with zero attached hydrogens (tertiary/aromatic N) is 2. The molecule has 4 heteroatoms. The van der Waals surface area contributed by atoms with E-state index in [1.807, 2.05) is 0 Å². The topological polar surface area (TPSA) is 39.7 Å². The van der Waals surface area contributed by atoms with Crippen molar-refractivity contribution in [2.75, 3.05) is 33.2 Å². The van der Waals surface area contributed by atoms with Gasteiger partial charge < -0.3 is 15.5 Å². The molecule has 0 spiro atoms. The summed E-state index contributed by atoms with van der Waals surface area (Å²) in [7, 11) is 2.22. The Morgan fingerprint density at radius 1 is 1.09 bits per heavy atom. The highest BCUT2D eigenvalue weighted by molar-refractivity contribution is 5.80. The summed E-state index contributed by atoms with van der Waals surface area (Å²) in [6.07, 6.45) is 7.90. The molecule has 2 N–H and O–H groups in total. The van der Waals surface area contributed by atoms with E-state index in [0.717, 1.165) is 36.8 Å². The van der Waals surface area contributed by atoms with E-state index in [1.54, 1.807) is 0 Å². The van der Waals surface area contributed by atoms with E-state index in [1.165, 1.54) is 51.6 Å². The minimum Gasteiger partial charge on any atom is -0.357 e. The highest BCUT2D eigenvalue weighted by Crippen LogP contribution is 2.29.